The molecule has 2 atom stereocenters. The van der Waals surface area contributed by atoms with Gasteiger partial charge in [0, 0.05) is 12.2 Å². The zero-order chi connectivity index (χ0) is 14.0. The van der Waals surface area contributed by atoms with E-state index in [1.165, 1.54) is 19.1 Å². The minimum absolute atomic E-state index is 0.120. The molecule has 1 aromatic carbocycles. The standard InChI is InChI=1S/C14H16FNO3/c1-8-5-6-19-13(8)14(18)16-12-7-10(15)3-4-11(12)9(2)17/h3-4,7-8,13H,5-6H2,1-2H3,(H,16,18)/t8-,13-/m0/s1. The molecular formula is C14H16FNO3. The second-order valence-electron chi connectivity index (χ2n) is 4.79. The number of carbonyl (C=O) groups excluding carboxylic acids is 2. The van der Waals surface area contributed by atoms with Gasteiger partial charge in [0.25, 0.3) is 5.91 Å². The second-order valence-corrected chi connectivity index (χ2v) is 4.79. The lowest BCUT2D eigenvalue weighted by atomic mass is 10.0. The van der Waals surface area contributed by atoms with E-state index in [-0.39, 0.29) is 23.3 Å². The second kappa shape index (κ2) is 5.48. The number of ether oxygens (including phenoxy) is 1. The highest BCUT2D eigenvalue weighted by atomic mass is 19.1. The van der Waals surface area contributed by atoms with E-state index in [9.17, 15) is 14.0 Å². The number of benzene rings is 1. The summed E-state index contributed by atoms with van der Waals surface area (Å²) < 4.78 is 18.6. The van der Waals surface area contributed by atoms with Crippen LogP contribution >= 0.6 is 0 Å². The Labute approximate surface area is 110 Å². The van der Waals surface area contributed by atoms with Crippen molar-refractivity contribution in [2.45, 2.75) is 26.4 Å². The molecule has 102 valence electrons. The van der Waals surface area contributed by atoms with Crippen LogP contribution in [0.15, 0.2) is 18.2 Å². The van der Waals surface area contributed by atoms with E-state index in [1.807, 2.05) is 6.92 Å². The van der Waals surface area contributed by atoms with Gasteiger partial charge in [-0.25, -0.2) is 4.39 Å². The molecule has 19 heavy (non-hydrogen) atoms. The van der Waals surface area contributed by atoms with Gasteiger partial charge < -0.3 is 10.1 Å². The minimum atomic E-state index is -0.539. The van der Waals surface area contributed by atoms with Crippen LogP contribution in [-0.2, 0) is 9.53 Å². The molecule has 0 aromatic heterocycles. The van der Waals surface area contributed by atoms with E-state index in [4.69, 9.17) is 4.74 Å². The molecule has 1 amide bonds. The van der Waals surface area contributed by atoms with Crippen molar-refractivity contribution in [2.24, 2.45) is 5.92 Å². The van der Waals surface area contributed by atoms with Gasteiger partial charge in [0.1, 0.15) is 11.9 Å². The van der Waals surface area contributed by atoms with Crippen molar-refractivity contribution >= 4 is 17.4 Å². The summed E-state index contributed by atoms with van der Waals surface area (Å²) >= 11 is 0. The average Bonchev–Trinajstić information content (AvgIpc) is 2.75. The Hall–Kier alpha value is -1.75. The molecule has 1 aliphatic rings. The maximum atomic E-state index is 13.2. The number of nitrogens with one attached hydrogen (secondary N) is 1. The molecule has 1 N–H and O–H groups in total. The van der Waals surface area contributed by atoms with Crippen LogP contribution in [-0.4, -0.2) is 24.4 Å². The summed E-state index contributed by atoms with van der Waals surface area (Å²) in [6.45, 7) is 3.84. The topological polar surface area (TPSA) is 55.4 Å². The van der Waals surface area contributed by atoms with Gasteiger partial charge in [0.2, 0.25) is 0 Å². The molecule has 1 fully saturated rings. The highest BCUT2D eigenvalue weighted by Gasteiger charge is 2.31. The van der Waals surface area contributed by atoms with Gasteiger partial charge in [-0.15, -0.1) is 0 Å². The molecule has 4 nitrogen and oxygen atoms in total. The maximum Gasteiger partial charge on any atom is 0.253 e. The van der Waals surface area contributed by atoms with Crippen molar-refractivity contribution in [1.82, 2.24) is 0 Å². The van der Waals surface area contributed by atoms with Crippen molar-refractivity contribution in [3.8, 4) is 0 Å². The van der Waals surface area contributed by atoms with Crippen molar-refractivity contribution in [3.63, 3.8) is 0 Å². The highest BCUT2D eigenvalue weighted by molar-refractivity contribution is 6.04. The fraction of sp³-hybridized carbons (Fsp3) is 0.429. The van der Waals surface area contributed by atoms with E-state index in [1.54, 1.807) is 0 Å². The van der Waals surface area contributed by atoms with Crippen molar-refractivity contribution < 1.29 is 18.7 Å². The number of amides is 1. The molecule has 1 heterocycles. The Kier molecular flexibility index (Phi) is 3.95. The Balaban J connectivity index is 2.20. The predicted octanol–water partition coefficient (Wildman–Crippen LogP) is 2.39. The van der Waals surface area contributed by atoms with Crippen molar-refractivity contribution in [2.75, 3.05) is 11.9 Å². The summed E-state index contributed by atoms with van der Waals surface area (Å²) in [5, 5.41) is 2.58. The lowest BCUT2D eigenvalue weighted by Crippen LogP contribution is -2.31. The van der Waals surface area contributed by atoms with Crippen LogP contribution in [0.3, 0.4) is 0 Å². The molecule has 1 aliphatic heterocycles. The summed E-state index contributed by atoms with van der Waals surface area (Å²) in [4.78, 5) is 23.5. The molecule has 1 saturated heterocycles. The number of ketones is 1. The Morgan fingerprint density at radius 2 is 2.16 bits per heavy atom. The molecule has 0 saturated carbocycles. The summed E-state index contributed by atoms with van der Waals surface area (Å²) in [6.07, 6.45) is 0.281. The summed E-state index contributed by atoms with van der Waals surface area (Å²) in [5.74, 6) is -0.941. The first-order valence-corrected chi connectivity index (χ1v) is 6.22. The van der Waals surface area contributed by atoms with Crippen LogP contribution in [0.4, 0.5) is 10.1 Å². The molecule has 2 rings (SSSR count). The lowest BCUT2D eigenvalue weighted by Gasteiger charge is -2.16. The molecule has 1 aromatic rings. The highest BCUT2D eigenvalue weighted by Crippen LogP contribution is 2.23. The van der Waals surface area contributed by atoms with Crippen molar-refractivity contribution in [1.29, 1.82) is 0 Å². The van der Waals surface area contributed by atoms with Gasteiger partial charge in [-0.05, 0) is 37.5 Å². The minimum Gasteiger partial charge on any atom is -0.368 e. The third-order valence-electron chi connectivity index (χ3n) is 3.26. The van der Waals surface area contributed by atoms with Gasteiger partial charge in [-0.1, -0.05) is 6.92 Å². The molecule has 5 heteroatoms. The summed E-state index contributed by atoms with van der Waals surface area (Å²) in [6, 6.07) is 3.71. The first kappa shape index (κ1) is 13.7. The van der Waals surface area contributed by atoms with E-state index in [2.05, 4.69) is 5.32 Å². The number of rotatable bonds is 3. The van der Waals surface area contributed by atoms with Gasteiger partial charge in [0.05, 0.1) is 5.69 Å². The van der Waals surface area contributed by atoms with Gasteiger partial charge in [-0.2, -0.15) is 0 Å². The summed E-state index contributed by atoms with van der Waals surface area (Å²) in [5.41, 5.74) is 0.487. The van der Waals surface area contributed by atoms with Gasteiger partial charge >= 0.3 is 0 Å². The maximum absolute atomic E-state index is 13.2. The SMILES string of the molecule is CC(=O)c1ccc(F)cc1NC(=O)[C@H]1OCC[C@@H]1C. The third kappa shape index (κ3) is 2.98. The molecule has 0 radical (unpaired) electrons. The fourth-order valence-electron chi connectivity index (χ4n) is 2.16. The summed E-state index contributed by atoms with van der Waals surface area (Å²) in [7, 11) is 0. The van der Waals surface area contributed by atoms with Gasteiger partial charge in [0.15, 0.2) is 5.78 Å². The molecular weight excluding hydrogens is 249 g/mol. The number of anilines is 1. The number of hydrogen-bond donors (Lipinski definition) is 1. The lowest BCUT2D eigenvalue weighted by molar-refractivity contribution is -0.126. The zero-order valence-corrected chi connectivity index (χ0v) is 10.9. The van der Waals surface area contributed by atoms with Crippen LogP contribution in [0.2, 0.25) is 0 Å². The number of hydrogen-bond acceptors (Lipinski definition) is 3. The smallest absolute Gasteiger partial charge is 0.253 e. The average molecular weight is 265 g/mol. The fourth-order valence-corrected chi connectivity index (χ4v) is 2.16. The Bertz CT molecular complexity index is 515. The van der Waals surface area contributed by atoms with Crippen LogP contribution in [0.1, 0.15) is 30.6 Å². The van der Waals surface area contributed by atoms with Gasteiger partial charge in [-0.3, -0.25) is 9.59 Å². The van der Waals surface area contributed by atoms with E-state index >= 15 is 0 Å². The van der Waals surface area contributed by atoms with Crippen LogP contribution in [0.5, 0.6) is 0 Å². The van der Waals surface area contributed by atoms with E-state index < -0.39 is 11.9 Å². The number of Topliss-reactive ketones (excluding diaryl/α,β-unsaturated/α-hetero) is 1. The third-order valence-corrected chi connectivity index (χ3v) is 3.26. The first-order valence-electron chi connectivity index (χ1n) is 6.22. The quantitative estimate of drug-likeness (QED) is 0.854. The van der Waals surface area contributed by atoms with Crippen molar-refractivity contribution in [3.05, 3.63) is 29.6 Å². The molecule has 0 spiro atoms. The van der Waals surface area contributed by atoms with E-state index in [0.29, 0.717) is 12.2 Å². The molecule has 0 unspecified atom stereocenters. The Morgan fingerprint density at radius 3 is 2.74 bits per heavy atom. The zero-order valence-electron chi connectivity index (χ0n) is 10.9. The van der Waals surface area contributed by atoms with Crippen LogP contribution in [0.25, 0.3) is 0 Å². The number of carbonyl (C=O) groups is 2. The molecule has 0 bridgehead atoms. The largest absolute Gasteiger partial charge is 0.368 e. The monoisotopic (exact) mass is 265 g/mol. The van der Waals surface area contributed by atoms with Crippen LogP contribution in [0, 0.1) is 11.7 Å². The predicted molar refractivity (Wildman–Crippen MR) is 68.6 cm³/mol. The Morgan fingerprint density at radius 1 is 1.42 bits per heavy atom. The van der Waals surface area contributed by atoms with Crippen LogP contribution < -0.4 is 5.32 Å². The number of halogens is 1. The first-order chi connectivity index (χ1) is 8.99. The van der Waals surface area contributed by atoms with E-state index in [0.717, 1.165) is 12.5 Å². The molecule has 0 aliphatic carbocycles. The normalized spacial score (nSPS) is 22.3.